The van der Waals surface area contributed by atoms with Gasteiger partial charge < -0.3 is 25.2 Å². The van der Waals surface area contributed by atoms with E-state index in [0.717, 1.165) is 0 Å². The van der Waals surface area contributed by atoms with Gasteiger partial charge >= 0.3 is 12.0 Å². The Bertz CT molecular complexity index is 513. The number of urea groups is 1. The summed E-state index contributed by atoms with van der Waals surface area (Å²) in [5, 5.41) is 14.2. The van der Waals surface area contributed by atoms with Crippen molar-refractivity contribution in [3.63, 3.8) is 0 Å². The molecule has 1 rings (SSSR count). The third-order valence-corrected chi connectivity index (χ3v) is 2.46. The number of rotatable bonds is 8. The van der Waals surface area contributed by atoms with Gasteiger partial charge in [0, 0.05) is 5.57 Å². The number of nitrogens with one attached hydrogen (secondary N) is 2. The van der Waals surface area contributed by atoms with Crippen LogP contribution in [0.3, 0.4) is 0 Å². The molecule has 0 unspecified atom stereocenters. The largest absolute Gasteiger partial charge is 0.508 e. The number of phenols is 1. The first-order chi connectivity index (χ1) is 10.5. The van der Waals surface area contributed by atoms with Gasteiger partial charge in [-0.15, -0.1) is 0 Å². The lowest BCUT2D eigenvalue weighted by Gasteiger charge is -2.09. The fraction of sp³-hybridized carbons (Fsp3) is 0.333. The molecule has 1 aromatic rings. The number of amides is 2. The minimum absolute atomic E-state index is 0.0864. The average molecular weight is 308 g/mol. The summed E-state index contributed by atoms with van der Waals surface area (Å²) >= 11 is 0. The van der Waals surface area contributed by atoms with E-state index in [1.54, 1.807) is 19.1 Å². The molecule has 2 amide bonds. The van der Waals surface area contributed by atoms with Gasteiger partial charge in [0.1, 0.15) is 24.7 Å². The Kier molecular flexibility index (Phi) is 7.32. The Balaban J connectivity index is 2.05. The van der Waals surface area contributed by atoms with Gasteiger partial charge in [-0.3, -0.25) is 0 Å². The summed E-state index contributed by atoms with van der Waals surface area (Å²) in [5.41, 5.74) is 0.316. The predicted molar refractivity (Wildman–Crippen MR) is 80.8 cm³/mol. The second-order valence-electron chi connectivity index (χ2n) is 4.44. The van der Waals surface area contributed by atoms with E-state index in [-0.39, 0.29) is 24.9 Å². The minimum atomic E-state index is -0.482. The molecule has 0 atom stereocenters. The van der Waals surface area contributed by atoms with Crippen molar-refractivity contribution in [2.75, 3.05) is 26.3 Å². The Morgan fingerprint density at radius 2 is 1.73 bits per heavy atom. The Morgan fingerprint density at radius 3 is 2.32 bits per heavy atom. The summed E-state index contributed by atoms with van der Waals surface area (Å²) in [6.45, 7) is 5.91. The van der Waals surface area contributed by atoms with Crippen molar-refractivity contribution in [3.05, 3.63) is 36.4 Å². The maximum absolute atomic E-state index is 11.4. The van der Waals surface area contributed by atoms with Crippen molar-refractivity contribution in [2.24, 2.45) is 0 Å². The normalized spacial score (nSPS) is 9.68. The van der Waals surface area contributed by atoms with E-state index in [9.17, 15) is 9.59 Å². The summed E-state index contributed by atoms with van der Waals surface area (Å²) in [5.74, 6) is 0.286. The van der Waals surface area contributed by atoms with E-state index in [1.165, 1.54) is 12.1 Å². The van der Waals surface area contributed by atoms with E-state index < -0.39 is 5.97 Å². The zero-order valence-electron chi connectivity index (χ0n) is 12.4. The van der Waals surface area contributed by atoms with Crippen LogP contribution in [0.2, 0.25) is 0 Å². The molecule has 0 radical (unpaired) electrons. The fourth-order valence-corrected chi connectivity index (χ4v) is 1.37. The molecule has 0 heterocycles. The van der Waals surface area contributed by atoms with E-state index in [2.05, 4.69) is 17.2 Å². The van der Waals surface area contributed by atoms with E-state index >= 15 is 0 Å². The summed E-state index contributed by atoms with van der Waals surface area (Å²) in [6.07, 6.45) is 0. The molecule has 22 heavy (non-hydrogen) atoms. The van der Waals surface area contributed by atoms with Crippen LogP contribution < -0.4 is 15.4 Å². The summed E-state index contributed by atoms with van der Waals surface area (Å²) < 4.78 is 10.2. The van der Waals surface area contributed by atoms with Crippen LogP contribution in [0, 0.1) is 0 Å². The molecule has 0 aliphatic heterocycles. The number of ether oxygens (including phenoxy) is 2. The number of aromatic hydroxyl groups is 1. The van der Waals surface area contributed by atoms with Gasteiger partial charge in [0.2, 0.25) is 0 Å². The van der Waals surface area contributed by atoms with Gasteiger partial charge in [-0.2, -0.15) is 0 Å². The predicted octanol–water partition coefficient (Wildman–Crippen LogP) is 1.19. The molecule has 0 fully saturated rings. The number of carbonyl (C=O) groups is 2. The SMILES string of the molecule is C=C(C)C(=O)OCCNC(=O)NCCOc1ccc(O)cc1. The van der Waals surface area contributed by atoms with Crippen LogP contribution in [0.1, 0.15) is 6.92 Å². The number of hydrogen-bond acceptors (Lipinski definition) is 5. The van der Waals surface area contributed by atoms with Crippen LogP contribution >= 0.6 is 0 Å². The van der Waals surface area contributed by atoms with Crippen molar-refractivity contribution in [1.82, 2.24) is 10.6 Å². The third kappa shape index (κ3) is 7.18. The van der Waals surface area contributed by atoms with Crippen molar-refractivity contribution >= 4 is 12.0 Å². The molecule has 0 spiro atoms. The fourth-order valence-electron chi connectivity index (χ4n) is 1.37. The number of benzene rings is 1. The monoisotopic (exact) mass is 308 g/mol. The van der Waals surface area contributed by atoms with Gasteiger partial charge in [-0.05, 0) is 31.2 Å². The molecule has 3 N–H and O–H groups in total. The second-order valence-corrected chi connectivity index (χ2v) is 4.44. The smallest absolute Gasteiger partial charge is 0.333 e. The maximum atomic E-state index is 11.4. The first kappa shape index (κ1) is 17.4. The Morgan fingerprint density at radius 1 is 1.14 bits per heavy atom. The van der Waals surface area contributed by atoms with Gasteiger partial charge in [0.25, 0.3) is 0 Å². The van der Waals surface area contributed by atoms with Crippen LogP contribution in [0.25, 0.3) is 0 Å². The van der Waals surface area contributed by atoms with Crippen LogP contribution in [0.4, 0.5) is 4.79 Å². The third-order valence-electron chi connectivity index (χ3n) is 2.46. The lowest BCUT2D eigenvalue weighted by molar-refractivity contribution is -0.138. The average Bonchev–Trinajstić information content (AvgIpc) is 2.49. The summed E-state index contributed by atoms with van der Waals surface area (Å²) in [6, 6.07) is 5.92. The highest BCUT2D eigenvalue weighted by Crippen LogP contribution is 2.15. The lowest BCUT2D eigenvalue weighted by Crippen LogP contribution is -2.39. The molecular weight excluding hydrogens is 288 g/mol. The molecule has 0 saturated carbocycles. The first-order valence-corrected chi connectivity index (χ1v) is 6.75. The molecule has 0 bridgehead atoms. The highest BCUT2D eigenvalue weighted by molar-refractivity contribution is 5.86. The molecule has 1 aromatic carbocycles. The number of hydrogen-bond donors (Lipinski definition) is 3. The van der Waals surface area contributed by atoms with E-state index in [0.29, 0.717) is 24.5 Å². The lowest BCUT2D eigenvalue weighted by atomic mass is 10.3. The number of esters is 1. The van der Waals surface area contributed by atoms with Crippen LogP contribution in [-0.4, -0.2) is 43.4 Å². The summed E-state index contributed by atoms with van der Waals surface area (Å²) in [7, 11) is 0. The molecule has 0 aliphatic rings. The molecule has 7 heteroatoms. The molecule has 0 aliphatic carbocycles. The van der Waals surface area contributed by atoms with Crippen molar-refractivity contribution < 1.29 is 24.2 Å². The molecule has 0 saturated heterocycles. The zero-order chi connectivity index (χ0) is 16.4. The van der Waals surface area contributed by atoms with Crippen LogP contribution in [-0.2, 0) is 9.53 Å². The number of carbonyl (C=O) groups excluding carboxylic acids is 2. The van der Waals surface area contributed by atoms with Crippen molar-refractivity contribution in [2.45, 2.75) is 6.92 Å². The summed E-state index contributed by atoms with van der Waals surface area (Å²) in [4.78, 5) is 22.5. The van der Waals surface area contributed by atoms with Crippen LogP contribution in [0.5, 0.6) is 11.5 Å². The first-order valence-electron chi connectivity index (χ1n) is 6.75. The second kappa shape index (κ2) is 9.28. The molecular formula is C15H20N2O5. The topological polar surface area (TPSA) is 96.9 Å². The molecule has 120 valence electrons. The van der Waals surface area contributed by atoms with Gasteiger partial charge in [0.05, 0.1) is 13.1 Å². The molecule has 0 aromatic heterocycles. The van der Waals surface area contributed by atoms with E-state index in [1.807, 2.05) is 0 Å². The Labute approximate surface area is 128 Å². The quantitative estimate of drug-likeness (QED) is 0.381. The standard InChI is InChI=1S/C15H20N2O5/c1-11(2)14(19)22-10-8-17-15(20)16-7-9-21-13-5-3-12(18)4-6-13/h3-6,18H,1,7-10H2,2H3,(H2,16,17,20). The van der Waals surface area contributed by atoms with Crippen molar-refractivity contribution in [1.29, 1.82) is 0 Å². The number of phenolic OH excluding ortho intramolecular Hbond substituents is 1. The Hall–Kier alpha value is -2.70. The van der Waals surface area contributed by atoms with E-state index in [4.69, 9.17) is 14.6 Å². The minimum Gasteiger partial charge on any atom is -0.508 e. The van der Waals surface area contributed by atoms with Gasteiger partial charge in [-0.1, -0.05) is 6.58 Å². The van der Waals surface area contributed by atoms with Gasteiger partial charge in [0.15, 0.2) is 0 Å². The van der Waals surface area contributed by atoms with Gasteiger partial charge in [-0.25, -0.2) is 9.59 Å². The zero-order valence-corrected chi connectivity index (χ0v) is 12.4. The van der Waals surface area contributed by atoms with Crippen LogP contribution in [0.15, 0.2) is 36.4 Å². The highest BCUT2D eigenvalue weighted by Gasteiger charge is 2.03. The van der Waals surface area contributed by atoms with Crippen molar-refractivity contribution in [3.8, 4) is 11.5 Å². The maximum Gasteiger partial charge on any atom is 0.333 e. The molecule has 7 nitrogen and oxygen atoms in total. The highest BCUT2D eigenvalue weighted by atomic mass is 16.5.